The Labute approximate surface area is 192 Å². The van der Waals surface area contributed by atoms with Gasteiger partial charge in [-0.3, -0.25) is 4.79 Å². The van der Waals surface area contributed by atoms with Crippen molar-refractivity contribution in [2.45, 2.75) is 31.3 Å². The van der Waals surface area contributed by atoms with Crippen LogP contribution in [0.25, 0.3) is 11.0 Å². The zero-order chi connectivity index (χ0) is 19.0. The second-order valence-corrected chi connectivity index (χ2v) is 8.63. The number of para-hydroxylation sites is 2. The number of imidazole rings is 1. The van der Waals surface area contributed by atoms with Crippen LogP contribution in [0.2, 0.25) is 0 Å². The van der Waals surface area contributed by atoms with Crippen LogP contribution in [0.5, 0.6) is 0 Å². The zero-order valence-electron chi connectivity index (χ0n) is 16.5. The Kier molecular flexibility index (Phi) is 7.42. The summed E-state index contributed by atoms with van der Waals surface area (Å²) >= 11 is 1.63. The third-order valence-corrected chi connectivity index (χ3v) is 6.92. The van der Waals surface area contributed by atoms with Crippen LogP contribution in [-0.4, -0.2) is 42.1 Å². The van der Waals surface area contributed by atoms with Crippen LogP contribution in [0.15, 0.2) is 30.3 Å². The van der Waals surface area contributed by atoms with Gasteiger partial charge in [-0.15, -0.1) is 36.2 Å². The number of H-pyrrole nitrogens is 1. The maximum atomic E-state index is 12.7. The third kappa shape index (κ3) is 4.36. The van der Waals surface area contributed by atoms with Crippen LogP contribution in [0.4, 0.5) is 0 Å². The number of piperidine rings is 1. The molecule has 4 heterocycles. The van der Waals surface area contributed by atoms with Gasteiger partial charge in [-0.1, -0.05) is 12.1 Å². The van der Waals surface area contributed by atoms with Gasteiger partial charge >= 0.3 is 0 Å². The average Bonchev–Trinajstić information content (AvgIpc) is 3.33. The van der Waals surface area contributed by atoms with Crippen LogP contribution in [-0.2, 0) is 23.2 Å². The number of hydrogen-bond donors (Lipinski definition) is 3. The highest BCUT2D eigenvalue weighted by atomic mass is 35.5. The van der Waals surface area contributed by atoms with Gasteiger partial charge < -0.3 is 20.4 Å². The summed E-state index contributed by atoms with van der Waals surface area (Å²) < 4.78 is 6.22. The summed E-state index contributed by atoms with van der Waals surface area (Å²) in [6.45, 7) is 3.25. The van der Waals surface area contributed by atoms with Gasteiger partial charge in [-0.2, -0.15) is 0 Å². The zero-order valence-corrected chi connectivity index (χ0v) is 19.0. The lowest BCUT2D eigenvalue weighted by atomic mass is 9.83. The molecule has 0 atom stereocenters. The summed E-state index contributed by atoms with van der Waals surface area (Å²) in [5, 5.41) is 6.46. The lowest BCUT2D eigenvalue weighted by Gasteiger charge is -2.40. The van der Waals surface area contributed by atoms with Crippen LogP contribution < -0.4 is 10.6 Å². The Morgan fingerprint density at radius 3 is 2.83 bits per heavy atom. The van der Waals surface area contributed by atoms with E-state index < -0.39 is 0 Å². The standard InChI is InChI=1S/C21H24N4O2S.2ClH/c26-20(23-9-5-19-24-15-3-1-2-4-16(15)25-19)18-13-14-17(28-18)6-12-27-21(14)7-10-22-11-8-21;;/h1-4,13,22H,5-12H2,(H,23,26)(H,24,25);2*1H. The highest BCUT2D eigenvalue weighted by molar-refractivity contribution is 7.14. The van der Waals surface area contributed by atoms with Crippen LogP contribution >= 0.6 is 36.2 Å². The van der Waals surface area contributed by atoms with Gasteiger partial charge in [-0.05, 0) is 49.7 Å². The van der Waals surface area contributed by atoms with E-state index in [1.54, 1.807) is 11.3 Å². The minimum Gasteiger partial charge on any atom is -0.370 e. The predicted molar refractivity (Wildman–Crippen MR) is 124 cm³/mol. The molecule has 0 saturated carbocycles. The number of fused-ring (bicyclic) bond motifs is 3. The summed E-state index contributed by atoms with van der Waals surface area (Å²) in [6.07, 6.45) is 3.54. The van der Waals surface area contributed by atoms with E-state index in [1.807, 2.05) is 24.3 Å². The van der Waals surface area contributed by atoms with Gasteiger partial charge in [0.2, 0.25) is 0 Å². The van der Waals surface area contributed by atoms with Crippen molar-refractivity contribution in [3.8, 4) is 0 Å². The van der Waals surface area contributed by atoms with E-state index in [0.717, 1.165) is 60.7 Å². The summed E-state index contributed by atoms with van der Waals surface area (Å²) in [5.74, 6) is 0.897. The van der Waals surface area contributed by atoms with E-state index in [4.69, 9.17) is 4.74 Å². The number of ether oxygens (including phenoxy) is 1. The Hall–Kier alpha value is -1.64. The number of nitrogens with zero attached hydrogens (tertiary/aromatic N) is 1. The molecule has 1 spiro atoms. The lowest BCUT2D eigenvalue weighted by Crippen LogP contribution is -2.44. The average molecular weight is 469 g/mol. The molecule has 162 valence electrons. The molecule has 0 aliphatic carbocycles. The van der Waals surface area contributed by atoms with E-state index in [2.05, 4.69) is 26.7 Å². The first-order valence-corrected chi connectivity index (χ1v) is 10.7. The molecule has 0 radical (unpaired) electrons. The SMILES string of the molecule is Cl.Cl.O=C(NCCc1nc2ccccc2[nH]1)c1cc2c(s1)CCOC21CCNCC1. The Bertz CT molecular complexity index is 981. The highest BCUT2D eigenvalue weighted by Crippen LogP contribution is 2.43. The molecule has 6 nitrogen and oxygen atoms in total. The van der Waals surface area contributed by atoms with Gasteiger partial charge in [0.05, 0.1) is 28.1 Å². The monoisotopic (exact) mass is 468 g/mol. The van der Waals surface area contributed by atoms with Crippen molar-refractivity contribution in [1.29, 1.82) is 0 Å². The molecule has 1 aromatic carbocycles. The molecule has 2 aliphatic heterocycles. The van der Waals surface area contributed by atoms with Crippen molar-refractivity contribution in [1.82, 2.24) is 20.6 Å². The third-order valence-electron chi connectivity index (χ3n) is 5.73. The van der Waals surface area contributed by atoms with Gasteiger partial charge in [0, 0.05) is 24.3 Å². The number of carbonyl (C=O) groups excluding carboxylic acids is 1. The molecule has 1 amide bonds. The Morgan fingerprint density at radius 1 is 1.23 bits per heavy atom. The van der Waals surface area contributed by atoms with Crippen molar-refractivity contribution < 1.29 is 9.53 Å². The molecular weight excluding hydrogens is 443 g/mol. The van der Waals surface area contributed by atoms with Crippen molar-refractivity contribution in [2.24, 2.45) is 0 Å². The Morgan fingerprint density at radius 2 is 2.03 bits per heavy atom. The van der Waals surface area contributed by atoms with Gasteiger partial charge in [0.25, 0.3) is 5.91 Å². The van der Waals surface area contributed by atoms with Crippen LogP contribution in [0.1, 0.15) is 38.8 Å². The second kappa shape index (κ2) is 9.66. The number of amides is 1. The molecule has 1 fully saturated rings. The number of rotatable bonds is 4. The molecule has 1 saturated heterocycles. The number of benzene rings is 1. The molecule has 9 heteroatoms. The normalized spacial score (nSPS) is 17.1. The number of nitrogens with one attached hydrogen (secondary N) is 3. The quantitative estimate of drug-likeness (QED) is 0.546. The molecule has 0 bridgehead atoms. The van der Waals surface area contributed by atoms with Crippen molar-refractivity contribution in [3.63, 3.8) is 0 Å². The first-order chi connectivity index (χ1) is 13.7. The van der Waals surface area contributed by atoms with Crippen LogP contribution in [0, 0.1) is 0 Å². The van der Waals surface area contributed by atoms with E-state index in [0.29, 0.717) is 13.0 Å². The molecular formula is C21H26Cl2N4O2S. The minimum atomic E-state index is -0.192. The predicted octanol–water partition coefficient (Wildman–Crippen LogP) is 3.59. The lowest BCUT2D eigenvalue weighted by molar-refractivity contribution is -0.0792. The number of hydrogen-bond acceptors (Lipinski definition) is 5. The minimum absolute atomic E-state index is 0. The number of carbonyl (C=O) groups is 1. The fourth-order valence-electron chi connectivity index (χ4n) is 4.28. The van der Waals surface area contributed by atoms with Crippen LogP contribution in [0.3, 0.4) is 0 Å². The van der Waals surface area contributed by atoms with E-state index in [1.165, 1.54) is 10.4 Å². The fraction of sp³-hybridized carbons (Fsp3) is 0.429. The first-order valence-electron chi connectivity index (χ1n) is 9.93. The maximum Gasteiger partial charge on any atom is 0.261 e. The summed E-state index contributed by atoms with van der Waals surface area (Å²) in [7, 11) is 0. The number of halogens is 2. The van der Waals surface area contributed by atoms with E-state index in [9.17, 15) is 4.79 Å². The molecule has 0 unspecified atom stereocenters. The maximum absolute atomic E-state index is 12.7. The van der Waals surface area contributed by atoms with E-state index >= 15 is 0 Å². The first kappa shape index (κ1) is 23.0. The topological polar surface area (TPSA) is 79.0 Å². The Balaban J connectivity index is 0.00000128. The van der Waals surface area contributed by atoms with E-state index in [-0.39, 0.29) is 36.3 Å². The molecule has 3 aromatic rings. The van der Waals surface area contributed by atoms with Gasteiger partial charge in [0.15, 0.2) is 0 Å². The molecule has 5 rings (SSSR count). The molecule has 2 aliphatic rings. The summed E-state index contributed by atoms with van der Waals surface area (Å²) in [4.78, 5) is 22.7. The number of aromatic amines is 1. The highest BCUT2D eigenvalue weighted by Gasteiger charge is 2.40. The molecule has 2 aromatic heterocycles. The van der Waals surface area contributed by atoms with Crippen molar-refractivity contribution in [3.05, 3.63) is 51.5 Å². The number of thiophene rings is 1. The fourth-order valence-corrected chi connectivity index (χ4v) is 5.43. The largest absolute Gasteiger partial charge is 0.370 e. The van der Waals surface area contributed by atoms with Gasteiger partial charge in [-0.25, -0.2) is 4.98 Å². The smallest absolute Gasteiger partial charge is 0.261 e. The molecule has 30 heavy (non-hydrogen) atoms. The van der Waals surface area contributed by atoms with Gasteiger partial charge in [0.1, 0.15) is 5.82 Å². The number of aromatic nitrogens is 2. The summed E-state index contributed by atoms with van der Waals surface area (Å²) in [5.41, 5.74) is 3.04. The summed E-state index contributed by atoms with van der Waals surface area (Å²) in [6, 6.07) is 10.0. The van der Waals surface area contributed by atoms with Crippen molar-refractivity contribution >= 4 is 53.1 Å². The van der Waals surface area contributed by atoms with Crippen molar-refractivity contribution in [2.75, 3.05) is 26.2 Å². The molecule has 3 N–H and O–H groups in total. The second-order valence-electron chi connectivity index (χ2n) is 7.50.